The third-order valence-corrected chi connectivity index (χ3v) is 5.73. The quantitative estimate of drug-likeness (QED) is 0.415. The number of benzene rings is 1. The van der Waals surface area contributed by atoms with Gasteiger partial charge in [0.25, 0.3) is 5.91 Å². The minimum absolute atomic E-state index is 0.184. The summed E-state index contributed by atoms with van der Waals surface area (Å²) in [6.07, 6.45) is -1.39. The number of thiazole rings is 1. The molecule has 0 spiro atoms. The SMILES string of the molecule is Cc1cnc(-c2cc(O[C@@H](CO)CCO)cc(C(=O)N[C@H](C)c3cnc(C(F)(F)F)nc3)c2)s1. The zero-order valence-electron chi connectivity index (χ0n) is 18.3. The number of aromatic nitrogens is 3. The molecule has 0 aliphatic heterocycles. The number of carbonyl (C=O) groups is 1. The van der Waals surface area contributed by atoms with Gasteiger partial charge in [-0.1, -0.05) is 0 Å². The monoisotopic (exact) mass is 496 g/mol. The number of nitrogens with zero attached hydrogens (tertiary/aromatic N) is 3. The number of aryl methyl sites for hydroxylation is 1. The molecule has 0 aliphatic carbocycles. The molecule has 3 aromatic rings. The molecule has 3 rings (SSSR count). The minimum Gasteiger partial charge on any atom is -0.488 e. The van der Waals surface area contributed by atoms with E-state index in [0.29, 0.717) is 21.9 Å². The zero-order chi connectivity index (χ0) is 24.9. The van der Waals surface area contributed by atoms with Crippen LogP contribution in [0.2, 0.25) is 0 Å². The van der Waals surface area contributed by atoms with Gasteiger partial charge in [-0.25, -0.2) is 15.0 Å². The molecule has 1 aromatic carbocycles. The van der Waals surface area contributed by atoms with Crippen LogP contribution in [0.3, 0.4) is 0 Å². The Balaban J connectivity index is 1.86. The van der Waals surface area contributed by atoms with Crippen molar-refractivity contribution in [1.29, 1.82) is 0 Å². The lowest BCUT2D eigenvalue weighted by Crippen LogP contribution is -2.27. The van der Waals surface area contributed by atoms with Crippen molar-refractivity contribution < 1.29 is 32.9 Å². The van der Waals surface area contributed by atoms with E-state index in [-0.39, 0.29) is 25.2 Å². The Kier molecular flexibility index (Phi) is 8.18. The number of ether oxygens (including phenoxy) is 1. The second kappa shape index (κ2) is 10.9. The average Bonchev–Trinajstić information content (AvgIpc) is 3.24. The molecule has 2 aromatic heterocycles. The lowest BCUT2D eigenvalue weighted by atomic mass is 10.1. The highest BCUT2D eigenvalue weighted by molar-refractivity contribution is 7.14. The average molecular weight is 497 g/mol. The van der Waals surface area contributed by atoms with E-state index in [4.69, 9.17) is 9.84 Å². The summed E-state index contributed by atoms with van der Waals surface area (Å²) in [5, 5.41) is 22.0. The molecule has 2 atom stereocenters. The lowest BCUT2D eigenvalue weighted by molar-refractivity contribution is -0.145. The molecule has 8 nitrogen and oxygen atoms in total. The first kappa shape index (κ1) is 25.5. The van der Waals surface area contributed by atoms with Gasteiger partial charge in [0.05, 0.1) is 12.6 Å². The minimum atomic E-state index is -4.65. The first-order valence-electron chi connectivity index (χ1n) is 10.3. The summed E-state index contributed by atoms with van der Waals surface area (Å²) in [6, 6.07) is 4.11. The van der Waals surface area contributed by atoms with Crippen molar-refractivity contribution in [3.05, 3.63) is 58.6 Å². The van der Waals surface area contributed by atoms with E-state index in [0.717, 1.165) is 17.3 Å². The van der Waals surface area contributed by atoms with Gasteiger partial charge in [0, 0.05) is 53.2 Å². The van der Waals surface area contributed by atoms with Crippen molar-refractivity contribution >= 4 is 17.2 Å². The topological polar surface area (TPSA) is 117 Å². The molecule has 0 radical (unpaired) electrons. The highest BCUT2D eigenvalue weighted by Gasteiger charge is 2.34. The summed E-state index contributed by atoms with van der Waals surface area (Å²) in [6.45, 7) is 2.98. The second-order valence-electron chi connectivity index (χ2n) is 7.49. The van der Waals surface area contributed by atoms with E-state index in [1.807, 2.05) is 6.92 Å². The van der Waals surface area contributed by atoms with Crippen molar-refractivity contribution in [3.8, 4) is 16.3 Å². The fourth-order valence-electron chi connectivity index (χ4n) is 3.01. The van der Waals surface area contributed by atoms with Crippen LogP contribution in [-0.4, -0.2) is 50.4 Å². The molecule has 12 heteroatoms. The molecule has 0 fully saturated rings. The van der Waals surface area contributed by atoms with E-state index in [2.05, 4.69) is 20.3 Å². The van der Waals surface area contributed by atoms with E-state index in [1.54, 1.807) is 25.3 Å². The number of aliphatic hydroxyl groups excluding tert-OH is 2. The molecule has 34 heavy (non-hydrogen) atoms. The second-order valence-corrected chi connectivity index (χ2v) is 8.72. The molecule has 182 valence electrons. The number of aliphatic hydroxyl groups is 2. The predicted molar refractivity (Wildman–Crippen MR) is 118 cm³/mol. The van der Waals surface area contributed by atoms with Crippen LogP contribution in [0.15, 0.2) is 36.8 Å². The smallest absolute Gasteiger partial charge is 0.451 e. The fourth-order valence-corrected chi connectivity index (χ4v) is 3.76. The number of amides is 1. The summed E-state index contributed by atoms with van der Waals surface area (Å²) < 4.78 is 43.8. The van der Waals surface area contributed by atoms with Crippen molar-refractivity contribution in [2.45, 2.75) is 38.6 Å². The van der Waals surface area contributed by atoms with Gasteiger partial charge in [-0.2, -0.15) is 13.2 Å². The van der Waals surface area contributed by atoms with E-state index >= 15 is 0 Å². The summed E-state index contributed by atoms with van der Waals surface area (Å²) in [7, 11) is 0. The van der Waals surface area contributed by atoms with Gasteiger partial charge in [0.2, 0.25) is 5.82 Å². The molecule has 2 heterocycles. The third-order valence-electron chi connectivity index (χ3n) is 4.77. The summed E-state index contributed by atoms with van der Waals surface area (Å²) in [5.74, 6) is -1.46. The Bertz CT molecular complexity index is 1120. The van der Waals surface area contributed by atoms with Crippen LogP contribution in [0, 0.1) is 6.92 Å². The van der Waals surface area contributed by atoms with Crippen molar-refractivity contribution in [1.82, 2.24) is 20.3 Å². The van der Waals surface area contributed by atoms with E-state index < -0.39 is 30.1 Å². The first-order chi connectivity index (χ1) is 16.1. The van der Waals surface area contributed by atoms with Gasteiger partial charge < -0.3 is 20.3 Å². The van der Waals surface area contributed by atoms with Gasteiger partial charge in [0.1, 0.15) is 16.9 Å². The van der Waals surface area contributed by atoms with Crippen molar-refractivity contribution in [2.24, 2.45) is 0 Å². The molecule has 0 bridgehead atoms. The van der Waals surface area contributed by atoms with E-state index in [9.17, 15) is 23.1 Å². The van der Waals surface area contributed by atoms with Crippen LogP contribution in [0.25, 0.3) is 10.6 Å². The van der Waals surface area contributed by atoms with Gasteiger partial charge >= 0.3 is 6.18 Å². The Morgan fingerprint density at radius 3 is 2.41 bits per heavy atom. The number of rotatable bonds is 9. The number of alkyl halides is 3. The van der Waals surface area contributed by atoms with Gasteiger partial charge in [-0.15, -0.1) is 11.3 Å². The van der Waals surface area contributed by atoms with Crippen LogP contribution in [-0.2, 0) is 6.18 Å². The fraction of sp³-hybridized carbons (Fsp3) is 0.364. The summed E-state index contributed by atoms with van der Waals surface area (Å²) >= 11 is 1.42. The highest BCUT2D eigenvalue weighted by atomic mass is 32.1. The van der Waals surface area contributed by atoms with Crippen LogP contribution in [0.1, 0.15) is 46.0 Å². The van der Waals surface area contributed by atoms with Gasteiger partial charge in [-0.05, 0) is 32.0 Å². The molecule has 0 saturated heterocycles. The number of carbonyl (C=O) groups excluding carboxylic acids is 1. The largest absolute Gasteiger partial charge is 0.488 e. The maximum atomic E-state index is 13.0. The normalized spacial score (nSPS) is 13.4. The number of nitrogens with one attached hydrogen (secondary N) is 1. The van der Waals surface area contributed by atoms with Crippen molar-refractivity contribution in [3.63, 3.8) is 0 Å². The molecule has 0 aliphatic rings. The molecule has 3 N–H and O–H groups in total. The first-order valence-corrected chi connectivity index (χ1v) is 11.1. The Hall–Kier alpha value is -3.09. The Morgan fingerprint density at radius 1 is 1.15 bits per heavy atom. The van der Waals surface area contributed by atoms with Crippen LogP contribution in [0.4, 0.5) is 13.2 Å². The maximum Gasteiger partial charge on any atom is 0.451 e. The Labute approximate surface area is 197 Å². The van der Waals surface area contributed by atoms with Gasteiger partial charge in [-0.3, -0.25) is 4.79 Å². The number of hydrogen-bond donors (Lipinski definition) is 3. The third kappa shape index (κ3) is 6.49. The number of hydrogen-bond acceptors (Lipinski definition) is 8. The zero-order valence-corrected chi connectivity index (χ0v) is 19.2. The molecule has 0 unspecified atom stereocenters. The van der Waals surface area contributed by atoms with Crippen LogP contribution in [0.5, 0.6) is 5.75 Å². The molecular weight excluding hydrogens is 473 g/mol. The van der Waals surface area contributed by atoms with Crippen LogP contribution >= 0.6 is 11.3 Å². The summed E-state index contributed by atoms with van der Waals surface area (Å²) in [4.78, 5) is 24.9. The van der Waals surface area contributed by atoms with Crippen molar-refractivity contribution in [2.75, 3.05) is 13.2 Å². The maximum absolute atomic E-state index is 13.0. The van der Waals surface area contributed by atoms with Gasteiger partial charge in [0.15, 0.2) is 0 Å². The van der Waals surface area contributed by atoms with E-state index in [1.165, 1.54) is 17.4 Å². The molecule has 0 saturated carbocycles. The lowest BCUT2D eigenvalue weighted by Gasteiger charge is -2.18. The molecule has 1 amide bonds. The summed E-state index contributed by atoms with van der Waals surface area (Å²) in [5.41, 5.74) is 1.14. The molecular formula is C22H23F3N4O4S. The standard InChI is InChI=1S/C22H23F3N4O4S/c1-12-8-26-20(34-12)15-5-14(6-18(7-15)33-17(11-31)3-4-30)19(32)29-13(2)16-9-27-21(28-10-16)22(23,24)25/h5-10,13,17,30-31H,3-4,11H2,1-2H3,(H,29,32)/t13-,17-/m1/s1. The number of halogens is 3. The van der Waals surface area contributed by atoms with Crippen LogP contribution < -0.4 is 10.1 Å². The highest BCUT2D eigenvalue weighted by Crippen LogP contribution is 2.30. The predicted octanol–water partition coefficient (Wildman–Crippen LogP) is 3.54. The Morgan fingerprint density at radius 2 is 1.85 bits per heavy atom.